The van der Waals surface area contributed by atoms with Gasteiger partial charge in [-0.2, -0.15) is 0 Å². The molecular weight excluding hydrogens is 292 g/mol. The third kappa shape index (κ3) is 2.57. The van der Waals surface area contributed by atoms with Crippen LogP contribution in [-0.4, -0.2) is 12.2 Å². The summed E-state index contributed by atoms with van der Waals surface area (Å²) in [4.78, 5) is 0. The van der Waals surface area contributed by atoms with Gasteiger partial charge in [0, 0.05) is 4.47 Å². The topological polar surface area (TPSA) is 29.5 Å². The number of benzene rings is 1. The van der Waals surface area contributed by atoms with E-state index in [1.54, 1.807) is 7.11 Å². The maximum atomic E-state index is 10.6. The van der Waals surface area contributed by atoms with Gasteiger partial charge in [-0.1, -0.05) is 42.3 Å². The Kier molecular flexibility index (Phi) is 4.02. The van der Waals surface area contributed by atoms with Crippen LogP contribution in [0, 0.1) is 11.3 Å². The summed E-state index contributed by atoms with van der Waals surface area (Å²) in [7, 11) is 1.65. The highest BCUT2D eigenvalue weighted by Gasteiger charge is 2.39. The van der Waals surface area contributed by atoms with E-state index < -0.39 is 6.10 Å². The van der Waals surface area contributed by atoms with Gasteiger partial charge in [0.05, 0.1) is 13.2 Å². The lowest BCUT2D eigenvalue weighted by atomic mass is 9.77. The van der Waals surface area contributed by atoms with Crippen molar-refractivity contribution in [3.8, 4) is 5.75 Å². The number of halogens is 1. The normalized spacial score (nSPS) is 23.9. The fourth-order valence-corrected chi connectivity index (χ4v) is 3.62. The van der Waals surface area contributed by atoms with Gasteiger partial charge in [0.1, 0.15) is 5.75 Å². The zero-order valence-corrected chi connectivity index (χ0v) is 12.8. The average Bonchev–Trinajstić information content (AvgIpc) is 2.68. The Labute approximate surface area is 117 Å². The fourth-order valence-electron chi connectivity index (χ4n) is 3.03. The molecule has 1 fully saturated rings. The monoisotopic (exact) mass is 312 g/mol. The smallest absolute Gasteiger partial charge is 0.120 e. The van der Waals surface area contributed by atoms with Crippen molar-refractivity contribution in [3.05, 3.63) is 28.2 Å². The van der Waals surface area contributed by atoms with Crippen LogP contribution in [0.3, 0.4) is 0 Å². The van der Waals surface area contributed by atoms with E-state index in [0.717, 1.165) is 22.2 Å². The summed E-state index contributed by atoms with van der Waals surface area (Å²) in [6, 6.07) is 5.79. The molecule has 3 heteroatoms. The predicted molar refractivity (Wildman–Crippen MR) is 76.8 cm³/mol. The number of methoxy groups -OCH3 is 1. The molecule has 1 aliphatic carbocycles. The first-order valence-corrected chi connectivity index (χ1v) is 7.26. The van der Waals surface area contributed by atoms with Crippen LogP contribution in [-0.2, 0) is 0 Å². The fraction of sp³-hybridized carbons (Fsp3) is 0.600. The maximum absolute atomic E-state index is 10.6. The second-order valence-corrected chi connectivity index (χ2v) is 6.67. The second kappa shape index (κ2) is 5.22. The summed E-state index contributed by atoms with van der Waals surface area (Å²) < 4.78 is 6.11. The summed E-state index contributed by atoms with van der Waals surface area (Å²) in [5.74, 6) is 1.14. The van der Waals surface area contributed by atoms with Gasteiger partial charge in [0.25, 0.3) is 0 Å². The quantitative estimate of drug-likeness (QED) is 0.900. The van der Waals surface area contributed by atoms with E-state index in [9.17, 15) is 5.11 Å². The van der Waals surface area contributed by atoms with Gasteiger partial charge < -0.3 is 9.84 Å². The van der Waals surface area contributed by atoms with Crippen molar-refractivity contribution >= 4 is 15.9 Å². The molecule has 0 bridgehead atoms. The molecule has 1 N–H and O–H groups in total. The van der Waals surface area contributed by atoms with Crippen molar-refractivity contribution in [1.82, 2.24) is 0 Å². The van der Waals surface area contributed by atoms with E-state index in [-0.39, 0.29) is 5.41 Å². The first-order chi connectivity index (χ1) is 8.45. The first-order valence-electron chi connectivity index (χ1n) is 6.47. The molecule has 0 saturated heterocycles. The second-order valence-electron chi connectivity index (χ2n) is 5.82. The lowest BCUT2D eigenvalue weighted by Crippen LogP contribution is -2.24. The molecule has 0 radical (unpaired) electrons. The number of hydrogen-bond donors (Lipinski definition) is 1. The maximum Gasteiger partial charge on any atom is 0.120 e. The molecule has 18 heavy (non-hydrogen) atoms. The molecule has 2 nitrogen and oxygen atoms in total. The Bertz CT molecular complexity index is 429. The van der Waals surface area contributed by atoms with Crippen LogP contribution in [0.15, 0.2) is 22.7 Å². The SMILES string of the molecule is COc1ccc(C(O)C2CCCC2(C)C)c(Br)c1. The third-order valence-corrected chi connectivity index (χ3v) is 4.93. The molecule has 0 heterocycles. The average molecular weight is 313 g/mol. The lowest BCUT2D eigenvalue weighted by Gasteiger charge is -2.31. The summed E-state index contributed by atoms with van der Waals surface area (Å²) >= 11 is 3.53. The molecule has 0 spiro atoms. The Hall–Kier alpha value is -0.540. The van der Waals surface area contributed by atoms with Crippen molar-refractivity contribution < 1.29 is 9.84 Å². The van der Waals surface area contributed by atoms with E-state index in [1.165, 1.54) is 12.8 Å². The largest absolute Gasteiger partial charge is 0.497 e. The number of aliphatic hydroxyl groups is 1. The van der Waals surface area contributed by atoms with E-state index in [0.29, 0.717) is 5.92 Å². The molecule has 0 aliphatic heterocycles. The van der Waals surface area contributed by atoms with E-state index in [2.05, 4.69) is 29.8 Å². The minimum absolute atomic E-state index is 0.221. The molecule has 100 valence electrons. The molecule has 0 aromatic heterocycles. The standard InChI is InChI=1S/C15H21BrO2/c1-15(2)8-4-5-12(15)14(17)11-7-6-10(18-3)9-13(11)16/h6-7,9,12,14,17H,4-5,8H2,1-3H3. The summed E-state index contributed by atoms with van der Waals surface area (Å²) in [5.41, 5.74) is 1.19. The molecule has 2 rings (SSSR count). The molecule has 2 atom stereocenters. The van der Waals surface area contributed by atoms with Gasteiger partial charge in [-0.3, -0.25) is 0 Å². The molecule has 2 unspecified atom stereocenters. The predicted octanol–water partition coefficient (Wildman–Crippen LogP) is 4.32. The zero-order valence-electron chi connectivity index (χ0n) is 11.2. The minimum Gasteiger partial charge on any atom is -0.497 e. The summed E-state index contributed by atoms with van der Waals surface area (Å²) in [5, 5.41) is 10.6. The zero-order chi connectivity index (χ0) is 13.3. The van der Waals surface area contributed by atoms with Crippen LogP contribution in [0.5, 0.6) is 5.75 Å². The van der Waals surface area contributed by atoms with Crippen LogP contribution in [0.1, 0.15) is 44.8 Å². The third-order valence-electron chi connectivity index (χ3n) is 4.25. The number of rotatable bonds is 3. The Balaban J connectivity index is 2.26. The Morgan fingerprint density at radius 1 is 1.44 bits per heavy atom. The van der Waals surface area contributed by atoms with Crippen LogP contribution >= 0.6 is 15.9 Å². The van der Waals surface area contributed by atoms with Gasteiger partial charge in [-0.25, -0.2) is 0 Å². The van der Waals surface area contributed by atoms with E-state index in [1.807, 2.05) is 18.2 Å². The van der Waals surface area contributed by atoms with E-state index >= 15 is 0 Å². The lowest BCUT2D eigenvalue weighted by molar-refractivity contribution is 0.0526. The minimum atomic E-state index is -0.400. The summed E-state index contributed by atoms with van der Waals surface area (Å²) in [6.07, 6.45) is 3.11. The van der Waals surface area contributed by atoms with Gasteiger partial charge in [-0.05, 0) is 41.9 Å². The number of ether oxygens (including phenoxy) is 1. The van der Waals surface area contributed by atoms with Crippen LogP contribution in [0.2, 0.25) is 0 Å². The molecule has 1 saturated carbocycles. The molecule has 1 aliphatic rings. The highest BCUT2D eigenvalue weighted by Crippen LogP contribution is 2.49. The number of aliphatic hydroxyl groups excluding tert-OH is 1. The molecule has 1 aromatic rings. The van der Waals surface area contributed by atoms with Gasteiger partial charge in [-0.15, -0.1) is 0 Å². The molecule has 1 aromatic carbocycles. The van der Waals surface area contributed by atoms with Gasteiger partial charge in [0.2, 0.25) is 0 Å². The van der Waals surface area contributed by atoms with Crippen molar-refractivity contribution in [3.63, 3.8) is 0 Å². The summed E-state index contributed by atoms with van der Waals surface area (Å²) in [6.45, 7) is 4.51. The first kappa shape index (κ1) is 13.9. The van der Waals surface area contributed by atoms with Crippen molar-refractivity contribution in [2.75, 3.05) is 7.11 Å². The van der Waals surface area contributed by atoms with Crippen molar-refractivity contribution in [1.29, 1.82) is 0 Å². The van der Waals surface area contributed by atoms with Gasteiger partial charge >= 0.3 is 0 Å². The highest BCUT2D eigenvalue weighted by molar-refractivity contribution is 9.10. The Morgan fingerprint density at radius 3 is 2.67 bits per heavy atom. The molecule has 0 amide bonds. The van der Waals surface area contributed by atoms with E-state index in [4.69, 9.17) is 4.74 Å². The Morgan fingerprint density at radius 2 is 2.17 bits per heavy atom. The molecular formula is C15H21BrO2. The highest BCUT2D eigenvalue weighted by atomic mass is 79.9. The van der Waals surface area contributed by atoms with Crippen LogP contribution < -0.4 is 4.74 Å². The van der Waals surface area contributed by atoms with Crippen LogP contribution in [0.25, 0.3) is 0 Å². The number of hydrogen-bond acceptors (Lipinski definition) is 2. The van der Waals surface area contributed by atoms with Crippen molar-refractivity contribution in [2.24, 2.45) is 11.3 Å². The van der Waals surface area contributed by atoms with Crippen LogP contribution in [0.4, 0.5) is 0 Å². The van der Waals surface area contributed by atoms with Crippen molar-refractivity contribution in [2.45, 2.75) is 39.2 Å². The van der Waals surface area contributed by atoms with Gasteiger partial charge in [0.15, 0.2) is 0 Å².